The number of hydrogen-bond donors (Lipinski definition) is 0. The van der Waals surface area contributed by atoms with Crippen LogP contribution >= 0.6 is 0 Å². The lowest BCUT2D eigenvalue weighted by Crippen LogP contribution is -2.17. The second-order valence-corrected chi connectivity index (χ2v) is 6.37. The van der Waals surface area contributed by atoms with Crippen molar-refractivity contribution < 1.29 is 8.60 Å². The van der Waals surface area contributed by atoms with E-state index in [0.717, 1.165) is 5.56 Å². The van der Waals surface area contributed by atoms with Gasteiger partial charge in [-0.15, -0.1) is 0 Å². The average molecular weight is 228 g/mol. The third-order valence-electron chi connectivity index (χ3n) is 1.83. The second-order valence-electron chi connectivity index (χ2n) is 4.92. The van der Waals surface area contributed by atoms with Gasteiger partial charge >= 0.3 is 0 Å². The van der Waals surface area contributed by atoms with Crippen molar-refractivity contribution in [3.8, 4) is 0 Å². The first-order valence-electron chi connectivity index (χ1n) is 4.96. The molecule has 0 bridgehead atoms. The van der Waals surface area contributed by atoms with Crippen LogP contribution in [0.15, 0.2) is 24.3 Å². The van der Waals surface area contributed by atoms with Crippen molar-refractivity contribution in [3.63, 3.8) is 0 Å². The van der Waals surface area contributed by atoms with Gasteiger partial charge < -0.3 is 0 Å². The molecule has 0 heterocycles. The Morgan fingerprint density at radius 1 is 1.20 bits per heavy atom. The molecule has 3 heteroatoms. The third-order valence-corrected chi connectivity index (χ3v) is 3.68. The lowest BCUT2D eigenvalue weighted by molar-refractivity contribution is 0.474. The predicted octanol–water partition coefficient (Wildman–Crippen LogP) is 3.12. The summed E-state index contributed by atoms with van der Waals surface area (Å²) in [6, 6.07) is 6.19. The summed E-state index contributed by atoms with van der Waals surface area (Å²) in [4.78, 5) is 0. The Morgan fingerprint density at radius 2 is 1.73 bits per heavy atom. The highest BCUT2D eigenvalue weighted by Gasteiger charge is 2.14. The summed E-state index contributed by atoms with van der Waals surface area (Å²) in [5, 5.41) is 0. The summed E-state index contributed by atoms with van der Waals surface area (Å²) in [5.74, 6) is 0.933. The Kier molecular flexibility index (Phi) is 4.03. The molecule has 1 nitrogen and oxygen atoms in total. The first-order valence-corrected chi connectivity index (χ1v) is 6.45. The molecular weight excluding hydrogens is 211 g/mol. The van der Waals surface area contributed by atoms with Gasteiger partial charge in [0.05, 0.1) is 0 Å². The topological polar surface area (TPSA) is 17.1 Å². The van der Waals surface area contributed by atoms with Gasteiger partial charge in [-0.05, 0) is 23.1 Å². The highest BCUT2D eigenvalue weighted by Crippen LogP contribution is 2.16. The maximum Gasteiger partial charge on any atom is 0.123 e. The van der Waals surface area contributed by atoms with Crippen molar-refractivity contribution >= 4 is 10.8 Å². The van der Waals surface area contributed by atoms with E-state index in [0.29, 0.717) is 11.5 Å². The molecule has 0 saturated heterocycles. The van der Waals surface area contributed by atoms with E-state index in [2.05, 4.69) is 20.8 Å². The van der Waals surface area contributed by atoms with E-state index in [1.54, 1.807) is 12.1 Å². The molecule has 0 amide bonds. The fourth-order valence-electron chi connectivity index (χ4n) is 1.30. The van der Waals surface area contributed by atoms with Crippen LogP contribution in [0.4, 0.5) is 4.39 Å². The minimum absolute atomic E-state index is 0.0743. The molecule has 0 spiro atoms. The Morgan fingerprint density at radius 3 is 2.20 bits per heavy atom. The Bertz CT molecular complexity index is 338. The molecule has 0 aliphatic heterocycles. The highest BCUT2D eigenvalue weighted by atomic mass is 32.2. The fourth-order valence-corrected chi connectivity index (χ4v) is 2.93. The summed E-state index contributed by atoms with van der Waals surface area (Å²) in [7, 11) is -0.870. The van der Waals surface area contributed by atoms with E-state index < -0.39 is 10.8 Å². The molecule has 1 rings (SSSR count). The van der Waals surface area contributed by atoms with Crippen LogP contribution in [0.3, 0.4) is 0 Å². The summed E-state index contributed by atoms with van der Waals surface area (Å²) in [6.45, 7) is 6.20. The van der Waals surface area contributed by atoms with Crippen molar-refractivity contribution in [3.05, 3.63) is 35.6 Å². The van der Waals surface area contributed by atoms with E-state index in [1.807, 2.05) is 0 Å². The molecule has 15 heavy (non-hydrogen) atoms. The molecule has 1 atom stereocenters. The molecule has 1 unspecified atom stereocenters. The molecule has 0 N–H and O–H groups in total. The van der Waals surface area contributed by atoms with E-state index in [9.17, 15) is 8.60 Å². The van der Waals surface area contributed by atoms with Gasteiger partial charge in [-0.2, -0.15) is 0 Å². The van der Waals surface area contributed by atoms with Crippen molar-refractivity contribution in [1.82, 2.24) is 0 Å². The van der Waals surface area contributed by atoms with Crippen LogP contribution in [-0.2, 0) is 16.6 Å². The molecule has 0 aliphatic carbocycles. The van der Waals surface area contributed by atoms with Crippen LogP contribution < -0.4 is 0 Å². The first kappa shape index (κ1) is 12.4. The van der Waals surface area contributed by atoms with Crippen LogP contribution in [-0.4, -0.2) is 9.96 Å². The van der Waals surface area contributed by atoms with Crippen LogP contribution in [0.2, 0.25) is 0 Å². The van der Waals surface area contributed by atoms with Gasteiger partial charge in [0.15, 0.2) is 0 Å². The van der Waals surface area contributed by atoms with Gasteiger partial charge in [0, 0.05) is 22.3 Å². The summed E-state index contributed by atoms with van der Waals surface area (Å²) in [5.41, 5.74) is 1.00. The van der Waals surface area contributed by atoms with Gasteiger partial charge in [0.25, 0.3) is 0 Å². The molecule has 0 aromatic heterocycles. The molecular formula is C12H17FOS. The highest BCUT2D eigenvalue weighted by molar-refractivity contribution is 7.84. The summed E-state index contributed by atoms with van der Waals surface area (Å²) < 4.78 is 24.3. The minimum Gasteiger partial charge on any atom is -0.259 e. The van der Waals surface area contributed by atoms with Crippen LogP contribution in [0.25, 0.3) is 0 Å². The van der Waals surface area contributed by atoms with Gasteiger partial charge in [0.1, 0.15) is 5.82 Å². The second kappa shape index (κ2) is 4.88. The van der Waals surface area contributed by atoms with Gasteiger partial charge in [-0.25, -0.2) is 4.39 Å². The monoisotopic (exact) mass is 228 g/mol. The molecule has 0 radical (unpaired) electrons. The van der Waals surface area contributed by atoms with Gasteiger partial charge in [-0.1, -0.05) is 32.9 Å². The van der Waals surface area contributed by atoms with E-state index in [4.69, 9.17) is 0 Å². The number of hydrogen-bond acceptors (Lipinski definition) is 1. The van der Waals surface area contributed by atoms with Gasteiger partial charge in [-0.3, -0.25) is 4.21 Å². The fraction of sp³-hybridized carbons (Fsp3) is 0.500. The zero-order valence-corrected chi connectivity index (χ0v) is 10.2. The third kappa shape index (κ3) is 5.07. The van der Waals surface area contributed by atoms with Crippen molar-refractivity contribution in [2.45, 2.75) is 26.5 Å². The largest absolute Gasteiger partial charge is 0.259 e. The van der Waals surface area contributed by atoms with Crippen LogP contribution in [0.1, 0.15) is 26.3 Å². The van der Waals surface area contributed by atoms with Crippen LogP contribution in [0, 0.1) is 11.2 Å². The smallest absolute Gasteiger partial charge is 0.123 e. The lowest BCUT2D eigenvalue weighted by Gasteiger charge is -2.17. The maximum atomic E-state index is 12.6. The summed E-state index contributed by atoms with van der Waals surface area (Å²) in [6.07, 6.45) is 0. The molecule has 0 saturated carbocycles. The Labute approximate surface area is 93.2 Å². The van der Waals surface area contributed by atoms with Crippen molar-refractivity contribution in [1.29, 1.82) is 0 Å². The van der Waals surface area contributed by atoms with Crippen LogP contribution in [0.5, 0.6) is 0 Å². The zero-order valence-electron chi connectivity index (χ0n) is 9.42. The molecule has 0 aliphatic rings. The molecule has 84 valence electrons. The Hall–Kier alpha value is -0.700. The van der Waals surface area contributed by atoms with E-state index in [-0.39, 0.29) is 11.2 Å². The van der Waals surface area contributed by atoms with Crippen molar-refractivity contribution in [2.75, 3.05) is 5.75 Å². The van der Waals surface area contributed by atoms with Gasteiger partial charge in [0.2, 0.25) is 0 Å². The SMILES string of the molecule is CC(C)(C)CS(=O)Cc1ccc(F)cc1. The maximum absolute atomic E-state index is 12.6. The average Bonchev–Trinajstić information content (AvgIpc) is 2.05. The lowest BCUT2D eigenvalue weighted by atomic mass is 10.0. The molecule has 0 fully saturated rings. The molecule has 1 aromatic carbocycles. The van der Waals surface area contributed by atoms with E-state index in [1.165, 1.54) is 12.1 Å². The van der Waals surface area contributed by atoms with E-state index >= 15 is 0 Å². The standard InChI is InChI=1S/C12H17FOS/c1-12(2,3)9-15(14)8-10-4-6-11(13)7-5-10/h4-7H,8-9H2,1-3H3. The summed E-state index contributed by atoms with van der Waals surface area (Å²) >= 11 is 0. The zero-order chi connectivity index (χ0) is 11.5. The quantitative estimate of drug-likeness (QED) is 0.777. The predicted molar refractivity (Wildman–Crippen MR) is 62.6 cm³/mol. The minimum atomic E-state index is -0.870. The Balaban J connectivity index is 2.55. The normalized spacial score (nSPS) is 13.9. The first-order chi connectivity index (χ1) is 6.87. The number of benzene rings is 1. The van der Waals surface area contributed by atoms with Crippen molar-refractivity contribution in [2.24, 2.45) is 5.41 Å². The number of rotatable bonds is 3. The molecule has 1 aromatic rings. The number of halogens is 1.